The lowest BCUT2D eigenvalue weighted by atomic mass is 10.2. The van der Waals surface area contributed by atoms with Crippen LogP contribution in [0.2, 0.25) is 0 Å². The second-order valence-electron chi connectivity index (χ2n) is 7.07. The minimum Gasteiger partial charge on any atom is -0.325 e. The Bertz CT molecular complexity index is 1100. The lowest BCUT2D eigenvalue weighted by Crippen LogP contribution is -2.28. The van der Waals surface area contributed by atoms with Crippen LogP contribution in [0.1, 0.15) is 28.8 Å². The van der Waals surface area contributed by atoms with Crippen molar-refractivity contribution in [1.82, 2.24) is 14.5 Å². The van der Waals surface area contributed by atoms with Gasteiger partial charge >= 0.3 is 5.69 Å². The maximum Gasteiger partial charge on any atom is 0.349 e. The fourth-order valence-corrected chi connectivity index (χ4v) is 4.45. The second kappa shape index (κ2) is 8.61. The molecule has 1 N–H and O–H groups in total. The van der Waals surface area contributed by atoms with Gasteiger partial charge in [0.1, 0.15) is 5.03 Å². The predicted octanol–water partition coefficient (Wildman–Crippen LogP) is 3.21. The second-order valence-corrected chi connectivity index (χ2v) is 8.04. The zero-order valence-electron chi connectivity index (χ0n) is 16.2. The molecule has 1 aliphatic carbocycles. The molecule has 1 aromatic carbocycles. The third-order valence-electron chi connectivity index (χ3n) is 5.05. The molecule has 4 rings (SSSR count). The van der Waals surface area contributed by atoms with Gasteiger partial charge in [-0.1, -0.05) is 30.0 Å². The topological polar surface area (TPSA) is 76.9 Å². The maximum absolute atomic E-state index is 12.7. The number of carbonyl (C=O) groups is 1. The number of benzene rings is 1. The van der Waals surface area contributed by atoms with Gasteiger partial charge in [-0.05, 0) is 55.5 Å². The van der Waals surface area contributed by atoms with Crippen LogP contribution in [-0.4, -0.2) is 26.2 Å². The zero-order chi connectivity index (χ0) is 20.2. The lowest BCUT2D eigenvalue weighted by Gasteiger charge is -2.14. The summed E-state index contributed by atoms with van der Waals surface area (Å²) >= 11 is 1.34. The van der Waals surface area contributed by atoms with E-state index in [9.17, 15) is 9.59 Å². The van der Waals surface area contributed by atoms with Crippen LogP contribution in [0.4, 0.5) is 5.69 Å². The van der Waals surface area contributed by atoms with E-state index in [1.807, 2.05) is 43.3 Å². The van der Waals surface area contributed by atoms with Crippen molar-refractivity contribution in [2.75, 3.05) is 11.1 Å². The average Bonchev–Trinajstić information content (AvgIpc) is 3.21. The van der Waals surface area contributed by atoms with Gasteiger partial charge in [-0.25, -0.2) is 4.79 Å². The number of fused-ring (bicyclic) bond motifs is 1. The molecular weight excluding hydrogens is 384 g/mol. The molecule has 0 atom stereocenters. The number of thioether (sulfide) groups is 1. The minimum atomic E-state index is -0.260. The summed E-state index contributed by atoms with van der Waals surface area (Å²) in [7, 11) is 0. The molecule has 0 bridgehead atoms. The van der Waals surface area contributed by atoms with Crippen LogP contribution in [0.5, 0.6) is 0 Å². The molecule has 0 saturated carbocycles. The normalized spacial score (nSPS) is 12.6. The fourth-order valence-electron chi connectivity index (χ4n) is 3.57. The van der Waals surface area contributed by atoms with E-state index in [1.54, 1.807) is 17.0 Å². The van der Waals surface area contributed by atoms with Crippen LogP contribution in [-0.2, 0) is 24.2 Å². The minimum absolute atomic E-state index is 0.0983. The van der Waals surface area contributed by atoms with E-state index in [4.69, 9.17) is 0 Å². The Morgan fingerprint density at radius 2 is 1.97 bits per heavy atom. The summed E-state index contributed by atoms with van der Waals surface area (Å²) in [4.78, 5) is 33.4. The molecule has 0 spiro atoms. The number of pyridine rings is 1. The SMILES string of the molecule is Cc1ccccc1NC(=O)CSc1nc(=O)n(Cc2ccncc2)c2c1CCC2. The molecular formula is C22H22N4O2S. The molecule has 29 heavy (non-hydrogen) atoms. The largest absolute Gasteiger partial charge is 0.349 e. The first-order valence-electron chi connectivity index (χ1n) is 9.61. The number of aryl methyl sites for hydroxylation is 1. The molecule has 2 aromatic heterocycles. The van der Waals surface area contributed by atoms with Gasteiger partial charge in [-0.3, -0.25) is 14.3 Å². The Hall–Kier alpha value is -2.93. The molecule has 6 nitrogen and oxygen atoms in total. The van der Waals surface area contributed by atoms with Crippen LogP contribution in [0.3, 0.4) is 0 Å². The molecule has 0 saturated heterocycles. The van der Waals surface area contributed by atoms with E-state index in [0.717, 1.165) is 47.3 Å². The number of hydrogen-bond acceptors (Lipinski definition) is 5. The Morgan fingerprint density at radius 3 is 2.76 bits per heavy atom. The Labute approximate surface area is 173 Å². The van der Waals surface area contributed by atoms with Crippen molar-refractivity contribution in [2.24, 2.45) is 0 Å². The van der Waals surface area contributed by atoms with Gasteiger partial charge in [0.2, 0.25) is 5.91 Å². The van der Waals surface area contributed by atoms with E-state index < -0.39 is 0 Å². The van der Waals surface area contributed by atoms with Crippen LogP contribution in [0.15, 0.2) is 58.6 Å². The number of anilines is 1. The van der Waals surface area contributed by atoms with E-state index in [1.165, 1.54) is 11.8 Å². The quantitative estimate of drug-likeness (QED) is 0.502. The third-order valence-corrected chi connectivity index (χ3v) is 6.07. The summed E-state index contributed by atoms with van der Waals surface area (Å²) in [5.74, 6) is 0.125. The molecule has 3 aromatic rings. The van der Waals surface area contributed by atoms with Crippen molar-refractivity contribution in [3.63, 3.8) is 0 Å². The van der Waals surface area contributed by atoms with Crippen molar-refractivity contribution >= 4 is 23.4 Å². The number of nitrogens with one attached hydrogen (secondary N) is 1. The summed E-state index contributed by atoms with van der Waals surface area (Å²) in [6.45, 7) is 2.45. The van der Waals surface area contributed by atoms with Crippen LogP contribution in [0, 0.1) is 6.92 Å². The third kappa shape index (κ3) is 4.40. The van der Waals surface area contributed by atoms with Gasteiger partial charge in [0.05, 0.1) is 12.3 Å². The van der Waals surface area contributed by atoms with Gasteiger partial charge in [-0.2, -0.15) is 4.98 Å². The smallest absolute Gasteiger partial charge is 0.325 e. The highest BCUT2D eigenvalue weighted by Gasteiger charge is 2.22. The Kier molecular flexibility index (Phi) is 5.76. The van der Waals surface area contributed by atoms with Crippen LogP contribution in [0.25, 0.3) is 0 Å². The van der Waals surface area contributed by atoms with Crippen molar-refractivity contribution in [3.05, 3.63) is 81.7 Å². The molecule has 0 aliphatic heterocycles. The highest BCUT2D eigenvalue weighted by Crippen LogP contribution is 2.29. The number of hydrogen-bond donors (Lipinski definition) is 1. The molecule has 0 fully saturated rings. The standard InChI is InChI=1S/C22H22N4O2S/c1-15-5-2-3-7-18(15)24-20(27)14-29-21-17-6-4-8-19(17)26(22(28)25-21)13-16-9-11-23-12-10-16/h2-3,5,7,9-12H,4,6,8,13-14H2,1H3,(H,24,27). The first kappa shape index (κ1) is 19.4. The average molecular weight is 407 g/mol. The van der Waals surface area contributed by atoms with Crippen LogP contribution < -0.4 is 11.0 Å². The first-order chi connectivity index (χ1) is 14.1. The summed E-state index contributed by atoms with van der Waals surface area (Å²) in [6, 6.07) is 11.5. The van der Waals surface area contributed by atoms with Gasteiger partial charge in [0, 0.05) is 29.3 Å². The predicted molar refractivity (Wildman–Crippen MR) is 114 cm³/mol. The van der Waals surface area contributed by atoms with Crippen molar-refractivity contribution in [2.45, 2.75) is 37.8 Å². The Balaban J connectivity index is 1.51. The van der Waals surface area contributed by atoms with E-state index in [-0.39, 0.29) is 17.3 Å². The molecule has 2 heterocycles. The van der Waals surface area contributed by atoms with Gasteiger partial charge in [0.25, 0.3) is 0 Å². The van der Waals surface area contributed by atoms with Gasteiger partial charge in [0.15, 0.2) is 0 Å². The number of aromatic nitrogens is 3. The number of nitrogens with zero attached hydrogens (tertiary/aromatic N) is 3. The molecule has 0 radical (unpaired) electrons. The lowest BCUT2D eigenvalue weighted by molar-refractivity contribution is -0.113. The number of amides is 1. The Morgan fingerprint density at radius 1 is 1.17 bits per heavy atom. The summed E-state index contributed by atoms with van der Waals surface area (Å²) in [6.07, 6.45) is 6.21. The maximum atomic E-state index is 12.7. The van der Waals surface area contributed by atoms with Crippen molar-refractivity contribution < 1.29 is 4.79 Å². The molecule has 148 valence electrons. The number of rotatable bonds is 6. The first-order valence-corrected chi connectivity index (χ1v) is 10.6. The molecule has 0 unspecified atom stereocenters. The highest BCUT2D eigenvalue weighted by atomic mass is 32.2. The number of para-hydroxylation sites is 1. The van der Waals surface area contributed by atoms with E-state index >= 15 is 0 Å². The summed E-state index contributed by atoms with van der Waals surface area (Å²) < 4.78 is 1.76. The van der Waals surface area contributed by atoms with Gasteiger partial charge < -0.3 is 5.32 Å². The fraction of sp³-hybridized carbons (Fsp3) is 0.273. The van der Waals surface area contributed by atoms with Crippen molar-refractivity contribution in [3.8, 4) is 0 Å². The van der Waals surface area contributed by atoms with Crippen LogP contribution >= 0.6 is 11.8 Å². The summed E-state index contributed by atoms with van der Waals surface area (Å²) in [5, 5.41) is 3.62. The highest BCUT2D eigenvalue weighted by molar-refractivity contribution is 8.00. The monoisotopic (exact) mass is 406 g/mol. The van der Waals surface area contributed by atoms with E-state index in [2.05, 4.69) is 15.3 Å². The molecule has 1 aliphatic rings. The number of carbonyl (C=O) groups excluding carboxylic acids is 1. The molecule has 7 heteroatoms. The zero-order valence-corrected chi connectivity index (χ0v) is 17.0. The van der Waals surface area contributed by atoms with Crippen molar-refractivity contribution in [1.29, 1.82) is 0 Å². The summed E-state index contributed by atoms with van der Waals surface area (Å²) in [5.41, 5.74) is 4.74. The molecule has 1 amide bonds. The van der Waals surface area contributed by atoms with Gasteiger partial charge in [-0.15, -0.1) is 0 Å². The van der Waals surface area contributed by atoms with E-state index in [0.29, 0.717) is 11.6 Å².